The summed E-state index contributed by atoms with van der Waals surface area (Å²) in [5.41, 5.74) is 0.727. The van der Waals surface area contributed by atoms with E-state index in [2.05, 4.69) is 25.2 Å². The largest absolute Gasteiger partial charge is 0.473 e. The van der Waals surface area contributed by atoms with Crippen molar-refractivity contribution in [3.63, 3.8) is 0 Å². The highest BCUT2D eigenvalue weighted by molar-refractivity contribution is 5.28. The van der Waals surface area contributed by atoms with Crippen LogP contribution in [0.1, 0.15) is 6.42 Å². The van der Waals surface area contributed by atoms with Crippen molar-refractivity contribution in [1.82, 2.24) is 25.3 Å². The van der Waals surface area contributed by atoms with Crippen LogP contribution in [0.25, 0.3) is 5.69 Å². The van der Waals surface area contributed by atoms with Crippen LogP contribution in [0.4, 0.5) is 8.78 Å². The van der Waals surface area contributed by atoms with E-state index in [0.717, 1.165) is 5.69 Å². The molecule has 1 aliphatic rings. The summed E-state index contributed by atoms with van der Waals surface area (Å²) in [7, 11) is 0. The fourth-order valence-electron chi connectivity index (χ4n) is 2.27. The van der Waals surface area contributed by atoms with Crippen LogP contribution in [-0.4, -0.2) is 51.9 Å². The van der Waals surface area contributed by atoms with Gasteiger partial charge in [-0.25, -0.2) is 4.98 Å². The van der Waals surface area contributed by atoms with Crippen LogP contribution < -0.4 is 10.1 Å². The van der Waals surface area contributed by atoms with E-state index in [4.69, 9.17) is 4.74 Å². The molecular weight excluding hydrogens is 296 g/mol. The quantitative estimate of drug-likeness (QED) is 0.858. The number of nitrogens with one attached hydrogen (secondary N) is 1. The first-order chi connectivity index (χ1) is 10.7. The second kappa shape index (κ2) is 6.75. The van der Waals surface area contributed by atoms with Crippen molar-refractivity contribution in [2.45, 2.75) is 25.2 Å². The first kappa shape index (κ1) is 14.8. The topological polar surface area (TPSA) is 74.1 Å². The number of nitrogens with zero attached hydrogens (tertiary/aromatic N) is 4. The molecular formula is C13H15F2N5O2. The molecule has 1 fully saturated rings. The van der Waals surface area contributed by atoms with Gasteiger partial charge in [0, 0.05) is 25.1 Å². The lowest BCUT2D eigenvalue weighted by molar-refractivity contribution is -0.133. The third-order valence-corrected chi connectivity index (χ3v) is 3.26. The van der Waals surface area contributed by atoms with Crippen molar-refractivity contribution in [3.05, 3.63) is 30.7 Å². The van der Waals surface area contributed by atoms with Gasteiger partial charge in [0.1, 0.15) is 11.8 Å². The van der Waals surface area contributed by atoms with E-state index in [1.165, 1.54) is 4.80 Å². The van der Waals surface area contributed by atoms with Gasteiger partial charge >= 0.3 is 6.61 Å². The summed E-state index contributed by atoms with van der Waals surface area (Å²) in [5.74, 6) is 0.470. The fourth-order valence-corrected chi connectivity index (χ4v) is 2.27. The molecule has 0 amide bonds. The Labute approximate surface area is 125 Å². The molecule has 2 atom stereocenters. The molecule has 1 N–H and O–H groups in total. The normalized spacial score (nSPS) is 21.4. The van der Waals surface area contributed by atoms with Gasteiger partial charge in [-0.15, -0.1) is 0 Å². The predicted octanol–water partition coefficient (Wildman–Crippen LogP) is 1.01. The summed E-state index contributed by atoms with van der Waals surface area (Å²) in [6, 6.07) is 3.38. The fraction of sp³-hybridized carbons (Fsp3) is 0.462. The van der Waals surface area contributed by atoms with E-state index in [-0.39, 0.29) is 18.8 Å². The van der Waals surface area contributed by atoms with Crippen molar-refractivity contribution in [3.8, 4) is 11.6 Å². The Hall–Kier alpha value is -2.13. The highest BCUT2D eigenvalue weighted by Crippen LogP contribution is 2.17. The van der Waals surface area contributed by atoms with Gasteiger partial charge in [0.15, 0.2) is 0 Å². The number of hydrogen-bond donors (Lipinski definition) is 1. The molecule has 3 heterocycles. The lowest BCUT2D eigenvalue weighted by Crippen LogP contribution is -2.27. The first-order valence-electron chi connectivity index (χ1n) is 6.83. The Balaban J connectivity index is 1.51. The Kier molecular flexibility index (Phi) is 4.54. The maximum absolute atomic E-state index is 12.0. The second-order valence-electron chi connectivity index (χ2n) is 4.85. The molecule has 0 spiro atoms. The van der Waals surface area contributed by atoms with Crippen molar-refractivity contribution >= 4 is 0 Å². The molecule has 0 bridgehead atoms. The molecule has 2 aromatic rings. The molecule has 3 rings (SSSR count). The average Bonchev–Trinajstić information content (AvgIpc) is 3.17. The van der Waals surface area contributed by atoms with Gasteiger partial charge in [-0.3, -0.25) is 0 Å². The van der Waals surface area contributed by atoms with Gasteiger partial charge in [-0.2, -0.15) is 23.8 Å². The minimum Gasteiger partial charge on any atom is -0.473 e. The number of pyridine rings is 1. The van der Waals surface area contributed by atoms with Gasteiger partial charge < -0.3 is 14.8 Å². The number of rotatable bonds is 6. The molecule has 7 nitrogen and oxygen atoms in total. The van der Waals surface area contributed by atoms with Crippen LogP contribution in [0.3, 0.4) is 0 Å². The number of ether oxygens (including phenoxy) is 2. The Morgan fingerprint density at radius 1 is 1.32 bits per heavy atom. The summed E-state index contributed by atoms with van der Waals surface area (Å²) >= 11 is 0. The first-order valence-corrected chi connectivity index (χ1v) is 6.83. The van der Waals surface area contributed by atoms with Crippen LogP contribution in [-0.2, 0) is 4.74 Å². The molecule has 0 saturated carbocycles. The van der Waals surface area contributed by atoms with Crippen LogP contribution in [0, 0.1) is 0 Å². The lowest BCUT2D eigenvalue weighted by atomic mass is 10.2. The van der Waals surface area contributed by atoms with Gasteiger partial charge in [-0.05, 0) is 6.07 Å². The molecule has 0 aliphatic carbocycles. The maximum Gasteiger partial charge on any atom is 0.345 e. The monoisotopic (exact) mass is 311 g/mol. The molecule has 22 heavy (non-hydrogen) atoms. The number of halogens is 2. The standard InChI is InChI=1S/C13H15F2N5O2/c14-13(15)21-8-9-5-11(7-16-9)22-12-2-1-10(6-17-12)20-18-3-4-19-20/h1-4,6,9,11,13,16H,5,7-8H2/t9-,11-/m0/s1. The van der Waals surface area contributed by atoms with Crippen molar-refractivity contribution in [2.75, 3.05) is 13.2 Å². The number of aromatic nitrogens is 4. The van der Waals surface area contributed by atoms with E-state index in [9.17, 15) is 8.78 Å². The van der Waals surface area contributed by atoms with E-state index < -0.39 is 6.61 Å². The minimum atomic E-state index is -2.74. The van der Waals surface area contributed by atoms with Gasteiger partial charge in [0.2, 0.25) is 5.88 Å². The summed E-state index contributed by atoms with van der Waals surface area (Å²) in [5, 5.41) is 11.1. The van der Waals surface area contributed by atoms with Crippen molar-refractivity contribution < 1.29 is 18.3 Å². The van der Waals surface area contributed by atoms with Crippen LogP contribution >= 0.6 is 0 Å². The van der Waals surface area contributed by atoms with E-state index in [1.807, 2.05) is 0 Å². The zero-order valence-electron chi connectivity index (χ0n) is 11.6. The van der Waals surface area contributed by atoms with Crippen LogP contribution in [0.15, 0.2) is 30.7 Å². The van der Waals surface area contributed by atoms with E-state index >= 15 is 0 Å². The van der Waals surface area contributed by atoms with Crippen LogP contribution in [0.2, 0.25) is 0 Å². The second-order valence-corrected chi connectivity index (χ2v) is 4.85. The zero-order valence-corrected chi connectivity index (χ0v) is 11.6. The molecule has 0 aromatic carbocycles. The third-order valence-electron chi connectivity index (χ3n) is 3.26. The van der Waals surface area contributed by atoms with Gasteiger partial charge in [-0.1, -0.05) is 0 Å². The highest BCUT2D eigenvalue weighted by Gasteiger charge is 2.26. The molecule has 1 saturated heterocycles. The molecule has 118 valence electrons. The van der Waals surface area contributed by atoms with Crippen molar-refractivity contribution in [2.24, 2.45) is 0 Å². The smallest absolute Gasteiger partial charge is 0.345 e. The SMILES string of the molecule is FC(F)OC[C@@H]1C[C@H](Oc2ccc(-n3nccn3)cn2)CN1. The molecule has 0 unspecified atom stereocenters. The van der Waals surface area contributed by atoms with Crippen molar-refractivity contribution in [1.29, 1.82) is 0 Å². The highest BCUT2D eigenvalue weighted by atomic mass is 19.3. The third kappa shape index (κ3) is 3.74. The molecule has 0 radical (unpaired) electrons. The van der Waals surface area contributed by atoms with E-state index in [0.29, 0.717) is 18.8 Å². The average molecular weight is 311 g/mol. The van der Waals surface area contributed by atoms with Crippen LogP contribution in [0.5, 0.6) is 5.88 Å². The summed E-state index contributed by atoms with van der Waals surface area (Å²) in [6.07, 6.45) is 5.24. The Morgan fingerprint density at radius 2 is 2.14 bits per heavy atom. The Morgan fingerprint density at radius 3 is 2.82 bits per heavy atom. The lowest BCUT2D eigenvalue weighted by Gasteiger charge is -2.12. The molecule has 9 heteroatoms. The Bertz CT molecular complexity index is 579. The minimum absolute atomic E-state index is 0.0329. The summed E-state index contributed by atoms with van der Waals surface area (Å²) in [6.45, 7) is -2.21. The van der Waals surface area contributed by atoms with Gasteiger partial charge in [0.05, 0.1) is 25.2 Å². The van der Waals surface area contributed by atoms with Gasteiger partial charge in [0.25, 0.3) is 0 Å². The summed E-state index contributed by atoms with van der Waals surface area (Å²) < 4.78 is 34.0. The number of alkyl halides is 2. The zero-order chi connectivity index (χ0) is 15.4. The maximum atomic E-state index is 12.0. The molecule has 2 aromatic heterocycles. The molecule has 1 aliphatic heterocycles. The number of hydrogen-bond acceptors (Lipinski definition) is 6. The van der Waals surface area contributed by atoms with E-state index in [1.54, 1.807) is 30.7 Å². The predicted molar refractivity (Wildman–Crippen MR) is 71.9 cm³/mol. The summed E-state index contributed by atoms with van der Waals surface area (Å²) in [4.78, 5) is 5.65.